The summed E-state index contributed by atoms with van der Waals surface area (Å²) >= 11 is 5.57. The molecule has 76 valence electrons. The molecule has 0 amide bonds. The van der Waals surface area contributed by atoms with Crippen molar-refractivity contribution in [2.45, 2.75) is 0 Å². The fraction of sp³-hybridized carbons (Fsp3) is 0.400. The van der Waals surface area contributed by atoms with Crippen LogP contribution in [-0.4, -0.2) is 24.6 Å². The Morgan fingerprint density at radius 1 is 1.29 bits per heavy atom. The number of nitrogens with zero attached hydrogens (tertiary/aromatic N) is 1. The molecule has 0 saturated carbocycles. The number of nitrogen functional groups attached to an aromatic ring is 1. The van der Waals surface area contributed by atoms with Gasteiger partial charge >= 0.3 is 0 Å². The van der Waals surface area contributed by atoms with E-state index in [4.69, 9.17) is 5.73 Å². The molecule has 0 bridgehead atoms. The van der Waals surface area contributed by atoms with E-state index in [1.54, 1.807) is 0 Å². The Balaban J connectivity index is 2.22. The minimum Gasteiger partial charge on any atom is -0.399 e. The van der Waals surface area contributed by atoms with Gasteiger partial charge in [0.15, 0.2) is 0 Å². The molecule has 14 heavy (non-hydrogen) atoms. The van der Waals surface area contributed by atoms with Gasteiger partial charge in [0.05, 0.1) is 5.69 Å². The molecule has 4 heteroatoms. The first-order chi connectivity index (χ1) is 6.77. The Hall–Kier alpha value is -0.350. The maximum absolute atomic E-state index is 5.70. The lowest BCUT2D eigenvalue weighted by Crippen LogP contribution is -2.32. The second-order valence-electron chi connectivity index (χ2n) is 3.31. The number of halogens is 1. The van der Waals surface area contributed by atoms with Gasteiger partial charge in [-0.3, -0.25) is 0 Å². The van der Waals surface area contributed by atoms with Crippen molar-refractivity contribution in [2.24, 2.45) is 0 Å². The van der Waals surface area contributed by atoms with Crippen molar-refractivity contribution in [1.82, 2.24) is 0 Å². The van der Waals surface area contributed by atoms with Crippen LogP contribution in [0.2, 0.25) is 0 Å². The van der Waals surface area contributed by atoms with Crippen molar-refractivity contribution in [2.75, 3.05) is 35.2 Å². The number of hydrogen-bond donors (Lipinski definition) is 1. The van der Waals surface area contributed by atoms with E-state index >= 15 is 0 Å². The zero-order valence-electron chi connectivity index (χ0n) is 7.87. The van der Waals surface area contributed by atoms with Crippen LogP contribution in [0.1, 0.15) is 0 Å². The van der Waals surface area contributed by atoms with Crippen LogP contribution in [0.15, 0.2) is 22.7 Å². The van der Waals surface area contributed by atoms with Crippen LogP contribution in [0.3, 0.4) is 0 Å². The molecule has 0 spiro atoms. The lowest BCUT2D eigenvalue weighted by Gasteiger charge is -2.29. The first kappa shape index (κ1) is 10.2. The maximum atomic E-state index is 5.70. The zero-order chi connectivity index (χ0) is 9.97. The van der Waals surface area contributed by atoms with E-state index in [0.717, 1.165) is 23.2 Å². The number of benzene rings is 1. The van der Waals surface area contributed by atoms with Crippen molar-refractivity contribution >= 4 is 39.1 Å². The van der Waals surface area contributed by atoms with Crippen LogP contribution >= 0.6 is 27.7 Å². The fourth-order valence-corrected chi connectivity index (χ4v) is 3.13. The second kappa shape index (κ2) is 4.45. The predicted octanol–water partition coefficient (Wildman–Crippen LogP) is 2.58. The molecule has 2 nitrogen and oxygen atoms in total. The van der Waals surface area contributed by atoms with Gasteiger partial charge in [0.2, 0.25) is 0 Å². The Bertz CT molecular complexity index is 324. The summed E-state index contributed by atoms with van der Waals surface area (Å²) < 4.78 is 1.10. The van der Waals surface area contributed by atoms with Gasteiger partial charge in [-0.25, -0.2) is 0 Å². The van der Waals surface area contributed by atoms with Crippen LogP contribution in [0, 0.1) is 0 Å². The summed E-state index contributed by atoms with van der Waals surface area (Å²) in [5, 5.41) is 0. The monoisotopic (exact) mass is 272 g/mol. The van der Waals surface area contributed by atoms with Gasteiger partial charge in [0, 0.05) is 34.8 Å². The van der Waals surface area contributed by atoms with E-state index in [9.17, 15) is 0 Å². The van der Waals surface area contributed by atoms with E-state index in [2.05, 4.69) is 26.9 Å². The molecule has 2 N–H and O–H groups in total. The van der Waals surface area contributed by atoms with E-state index in [0.29, 0.717) is 0 Å². The Kier molecular flexibility index (Phi) is 3.23. The highest BCUT2D eigenvalue weighted by atomic mass is 79.9. The summed E-state index contributed by atoms with van der Waals surface area (Å²) in [4.78, 5) is 2.40. The quantitative estimate of drug-likeness (QED) is 0.797. The first-order valence-electron chi connectivity index (χ1n) is 4.65. The summed E-state index contributed by atoms with van der Waals surface area (Å²) in [6.45, 7) is 2.26. The third-order valence-electron chi connectivity index (χ3n) is 2.32. The topological polar surface area (TPSA) is 29.3 Å². The zero-order valence-corrected chi connectivity index (χ0v) is 10.3. The number of rotatable bonds is 1. The van der Waals surface area contributed by atoms with Crippen molar-refractivity contribution in [3.05, 3.63) is 22.7 Å². The summed E-state index contributed by atoms with van der Waals surface area (Å²) in [5.74, 6) is 2.44. The summed E-state index contributed by atoms with van der Waals surface area (Å²) in [6.07, 6.45) is 0. The van der Waals surface area contributed by atoms with Crippen LogP contribution in [0.5, 0.6) is 0 Å². The summed E-state index contributed by atoms with van der Waals surface area (Å²) in [5.41, 5.74) is 7.78. The van der Waals surface area contributed by atoms with E-state index in [1.165, 1.54) is 17.2 Å². The molecule has 0 unspecified atom stereocenters. The third kappa shape index (κ3) is 2.17. The molecule has 1 aliphatic heterocycles. The van der Waals surface area contributed by atoms with E-state index in [-0.39, 0.29) is 0 Å². The number of hydrogen-bond acceptors (Lipinski definition) is 3. The molecule has 1 heterocycles. The molecule has 1 aromatic rings. The molecule has 1 saturated heterocycles. The van der Waals surface area contributed by atoms with Gasteiger partial charge in [0.25, 0.3) is 0 Å². The molecule has 0 aliphatic carbocycles. The number of anilines is 2. The molecule has 2 rings (SSSR count). The van der Waals surface area contributed by atoms with Crippen molar-refractivity contribution in [3.63, 3.8) is 0 Å². The smallest absolute Gasteiger partial charge is 0.0512 e. The standard InChI is InChI=1S/C10H13BrN2S/c11-9-7-8(12)1-2-10(9)13-3-5-14-6-4-13/h1-2,7H,3-6,12H2. The minimum atomic E-state index is 0.812. The van der Waals surface area contributed by atoms with Crippen LogP contribution in [0.4, 0.5) is 11.4 Å². The van der Waals surface area contributed by atoms with E-state index in [1.807, 2.05) is 23.9 Å². The molecule has 1 aromatic carbocycles. The molecule has 1 fully saturated rings. The van der Waals surface area contributed by atoms with Crippen molar-refractivity contribution < 1.29 is 0 Å². The maximum Gasteiger partial charge on any atom is 0.0512 e. The number of thioether (sulfide) groups is 1. The molecule has 0 radical (unpaired) electrons. The Morgan fingerprint density at radius 3 is 2.64 bits per heavy atom. The van der Waals surface area contributed by atoms with Gasteiger partial charge in [-0.05, 0) is 34.1 Å². The predicted molar refractivity (Wildman–Crippen MR) is 68.1 cm³/mol. The van der Waals surface area contributed by atoms with Crippen LogP contribution in [-0.2, 0) is 0 Å². The second-order valence-corrected chi connectivity index (χ2v) is 5.39. The SMILES string of the molecule is Nc1ccc(N2CCSCC2)c(Br)c1. The molecular formula is C10H13BrN2S. The van der Waals surface area contributed by atoms with Crippen molar-refractivity contribution in [1.29, 1.82) is 0 Å². The highest BCUT2D eigenvalue weighted by Gasteiger charge is 2.13. The highest BCUT2D eigenvalue weighted by molar-refractivity contribution is 9.10. The average Bonchev–Trinajstić information content (AvgIpc) is 2.19. The number of nitrogens with two attached hydrogens (primary N) is 1. The Morgan fingerprint density at radius 2 is 2.00 bits per heavy atom. The van der Waals surface area contributed by atoms with E-state index < -0.39 is 0 Å². The van der Waals surface area contributed by atoms with Gasteiger partial charge in [-0.15, -0.1) is 0 Å². The molecule has 1 aliphatic rings. The fourth-order valence-electron chi connectivity index (χ4n) is 1.58. The normalized spacial score (nSPS) is 17.1. The minimum absolute atomic E-state index is 0.812. The largest absolute Gasteiger partial charge is 0.399 e. The van der Waals surface area contributed by atoms with Gasteiger partial charge in [-0.1, -0.05) is 0 Å². The van der Waals surface area contributed by atoms with Crippen molar-refractivity contribution in [3.8, 4) is 0 Å². The lowest BCUT2D eigenvalue weighted by atomic mass is 10.2. The average molecular weight is 273 g/mol. The first-order valence-corrected chi connectivity index (χ1v) is 6.60. The summed E-state index contributed by atoms with van der Waals surface area (Å²) in [6, 6.07) is 6.02. The molecular weight excluding hydrogens is 260 g/mol. The van der Waals surface area contributed by atoms with Gasteiger partial charge in [0.1, 0.15) is 0 Å². The van der Waals surface area contributed by atoms with Crippen LogP contribution in [0.25, 0.3) is 0 Å². The lowest BCUT2D eigenvalue weighted by molar-refractivity contribution is 0.856. The van der Waals surface area contributed by atoms with Gasteiger partial charge < -0.3 is 10.6 Å². The summed E-state index contributed by atoms with van der Waals surface area (Å²) in [7, 11) is 0. The third-order valence-corrected chi connectivity index (χ3v) is 3.90. The Labute approximate surface area is 97.0 Å². The molecule has 0 aromatic heterocycles. The highest BCUT2D eigenvalue weighted by Crippen LogP contribution is 2.29. The van der Waals surface area contributed by atoms with Gasteiger partial charge in [-0.2, -0.15) is 11.8 Å². The van der Waals surface area contributed by atoms with Crippen LogP contribution < -0.4 is 10.6 Å². The molecule has 0 atom stereocenters.